The van der Waals surface area contributed by atoms with Gasteiger partial charge >= 0.3 is 0 Å². The van der Waals surface area contributed by atoms with Gasteiger partial charge in [0, 0.05) is 22.3 Å². The van der Waals surface area contributed by atoms with Crippen LogP contribution in [0.2, 0.25) is 0 Å². The molecule has 0 saturated carbocycles. The summed E-state index contributed by atoms with van der Waals surface area (Å²) in [5.41, 5.74) is 0.650. The number of benzene rings is 2. The second-order valence-corrected chi connectivity index (χ2v) is 4.51. The lowest BCUT2D eigenvalue weighted by atomic mass is 10.2. The van der Waals surface area contributed by atoms with Crippen molar-refractivity contribution in [3.8, 4) is 0 Å². The molecule has 0 amide bonds. The monoisotopic (exact) mass is 227 g/mol. The Bertz CT molecular complexity index is 474. The van der Waals surface area contributed by atoms with Crippen LogP contribution >= 0.6 is 11.8 Å². The molecule has 0 saturated heterocycles. The van der Waals surface area contributed by atoms with Crippen LogP contribution in [0.3, 0.4) is 0 Å². The first-order chi connectivity index (χ1) is 7.75. The molecule has 0 aliphatic heterocycles. The maximum atomic E-state index is 11.0. The van der Waals surface area contributed by atoms with E-state index in [0.717, 1.165) is 4.90 Å². The molecule has 0 heterocycles. The minimum absolute atomic E-state index is 0.142. The fraction of sp³-hybridized carbons (Fsp3) is 0. The molecule has 16 heavy (non-hydrogen) atoms. The van der Waals surface area contributed by atoms with Crippen molar-refractivity contribution in [2.45, 2.75) is 9.79 Å². The van der Waals surface area contributed by atoms with Gasteiger partial charge in [-0.15, -0.1) is 0 Å². The van der Waals surface area contributed by atoms with Gasteiger partial charge in [-0.05, 0) is 24.3 Å². The predicted octanol–water partition coefficient (Wildman–Crippen LogP) is 3.85. The lowest BCUT2D eigenvalue weighted by molar-refractivity contribution is 0.104. The second-order valence-electron chi connectivity index (χ2n) is 3.36. The third-order valence-electron chi connectivity index (χ3n) is 2.16. The summed E-state index contributed by atoms with van der Waals surface area (Å²) in [6, 6.07) is 17.6. The Morgan fingerprint density at radius 1 is 0.875 bits per heavy atom. The van der Waals surface area contributed by atoms with E-state index in [0.29, 0.717) is 5.56 Å². The summed E-state index contributed by atoms with van der Waals surface area (Å²) in [4.78, 5) is 13.3. The third kappa shape index (κ3) is 2.74. The molecule has 2 aromatic carbocycles. The largest absolute Gasteiger partial charge is 0.294 e. The minimum Gasteiger partial charge on any atom is -0.294 e. The Hall–Kier alpha value is -1.54. The van der Waals surface area contributed by atoms with Crippen LogP contribution in [0.4, 0.5) is 0 Å². The van der Waals surface area contributed by atoms with Crippen molar-refractivity contribution in [1.82, 2.24) is 0 Å². The zero-order valence-corrected chi connectivity index (χ0v) is 9.54. The van der Waals surface area contributed by atoms with Gasteiger partial charge in [-0.1, -0.05) is 42.1 Å². The Balaban J connectivity index is 2.14. The Kier molecular flexibility index (Phi) is 3.42. The van der Waals surface area contributed by atoms with E-state index in [-0.39, 0.29) is 5.78 Å². The number of carbonyl (C=O) groups excluding carboxylic acids is 1. The molecule has 2 aromatic rings. The molecule has 0 aliphatic carbocycles. The molecule has 0 aliphatic rings. The lowest BCUT2D eigenvalue weighted by Crippen LogP contribution is -1.90. The molecule has 2 rings (SSSR count). The molecule has 1 radical (unpaired) electrons. The molecule has 0 unspecified atom stereocenters. The predicted molar refractivity (Wildman–Crippen MR) is 66.7 cm³/mol. The lowest BCUT2D eigenvalue weighted by Gasteiger charge is -2.01. The Morgan fingerprint density at radius 3 is 2.00 bits per heavy atom. The van der Waals surface area contributed by atoms with Gasteiger partial charge in [0.1, 0.15) is 0 Å². The molecular weight excluding hydrogens is 216 g/mol. The van der Waals surface area contributed by atoms with Gasteiger partial charge in [0.2, 0.25) is 0 Å². The summed E-state index contributed by atoms with van der Waals surface area (Å²) in [6.07, 6.45) is 0. The molecule has 0 aromatic heterocycles. The van der Waals surface area contributed by atoms with Crippen molar-refractivity contribution < 1.29 is 4.79 Å². The summed E-state index contributed by atoms with van der Waals surface area (Å²) in [6.45, 7) is 3.38. The summed E-state index contributed by atoms with van der Waals surface area (Å²) >= 11 is 1.68. The second kappa shape index (κ2) is 4.99. The number of ketones is 1. The van der Waals surface area contributed by atoms with Crippen molar-refractivity contribution >= 4 is 17.5 Å². The highest BCUT2D eigenvalue weighted by atomic mass is 32.2. The molecular formula is C14H11OS. The van der Waals surface area contributed by atoms with E-state index in [1.54, 1.807) is 23.9 Å². The third-order valence-corrected chi connectivity index (χ3v) is 3.17. The smallest absolute Gasteiger partial charge is 0.163 e. The van der Waals surface area contributed by atoms with Crippen LogP contribution in [-0.4, -0.2) is 5.78 Å². The molecule has 1 nitrogen and oxygen atoms in total. The van der Waals surface area contributed by atoms with Crippen LogP contribution in [0.5, 0.6) is 0 Å². The standard InChI is InChI=1S/C14H11OS/c1-11(15)12-7-9-14(10-8-12)16-13-5-3-2-4-6-13/h2-10H,1H2. The van der Waals surface area contributed by atoms with Crippen molar-refractivity contribution in [3.63, 3.8) is 0 Å². The van der Waals surface area contributed by atoms with Crippen LogP contribution < -0.4 is 0 Å². The van der Waals surface area contributed by atoms with Crippen molar-refractivity contribution in [3.05, 3.63) is 67.1 Å². The van der Waals surface area contributed by atoms with Gasteiger partial charge in [-0.3, -0.25) is 4.79 Å². The van der Waals surface area contributed by atoms with Crippen LogP contribution in [0, 0.1) is 6.92 Å². The van der Waals surface area contributed by atoms with Crippen molar-refractivity contribution in [1.29, 1.82) is 0 Å². The van der Waals surface area contributed by atoms with E-state index < -0.39 is 0 Å². The van der Waals surface area contributed by atoms with Gasteiger partial charge in [-0.2, -0.15) is 0 Å². The zero-order chi connectivity index (χ0) is 11.4. The van der Waals surface area contributed by atoms with Crippen LogP contribution in [0.1, 0.15) is 10.4 Å². The summed E-state index contributed by atoms with van der Waals surface area (Å²) in [7, 11) is 0. The van der Waals surface area contributed by atoms with Crippen LogP contribution in [0.15, 0.2) is 64.4 Å². The van der Waals surface area contributed by atoms with Gasteiger partial charge in [0.25, 0.3) is 0 Å². The maximum Gasteiger partial charge on any atom is 0.163 e. The topological polar surface area (TPSA) is 17.1 Å². The van der Waals surface area contributed by atoms with Crippen LogP contribution in [-0.2, 0) is 0 Å². The van der Waals surface area contributed by atoms with E-state index in [2.05, 4.69) is 19.1 Å². The Labute approximate surface area is 99.5 Å². The highest BCUT2D eigenvalue weighted by Crippen LogP contribution is 2.27. The molecule has 0 fully saturated rings. The fourth-order valence-corrected chi connectivity index (χ4v) is 2.17. The summed E-state index contributed by atoms with van der Waals surface area (Å²) in [5.74, 6) is -0.142. The number of hydrogen-bond acceptors (Lipinski definition) is 2. The van der Waals surface area contributed by atoms with Gasteiger partial charge in [0.15, 0.2) is 5.78 Å². The molecule has 0 bridgehead atoms. The maximum absolute atomic E-state index is 11.0. The van der Waals surface area contributed by atoms with Gasteiger partial charge < -0.3 is 0 Å². The normalized spacial score (nSPS) is 10.1. The molecule has 2 heteroatoms. The van der Waals surface area contributed by atoms with Gasteiger partial charge in [-0.25, -0.2) is 0 Å². The van der Waals surface area contributed by atoms with E-state index in [9.17, 15) is 4.79 Å². The Morgan fingerprint density at radius 2 is 1.44 bits per heavy atom. The first-order valence-electron chi connectivity index (χ1n) is 4.95. The van der Waals surface area contributed by atoms with E-state index >= 15 is 0 Å². The number of hydrogen-bond donors (Lipinski definition) is 0. The van der Waals surface area contributed by atoms with E-state index in [1.807, 2.05) is 30.3 Å². The highest BCUT2D eigenvalue weighted by molar-refractivity contribution is 7.99. The fourth-order valence-electron chi connectivity index (χ4n) is 1.33. The van der Waals surface area contributed by atoms with Gasteiger partial charge in [0.05, 0.1) is 0 Å². The molecule has 0 N–H and O–H groups in total. The quantitative estimate of drug-likeness (QED) is 0.741. The minimum atomic E-state index is -0.142. The first kappa shape index (κ1) is 11.0. The van der Waals surface area contributed by atoms with E-state index in [1.165, 1.54) is 4.90 Å². The SMILES string of the molecule is [CH2]C(=O)c1ccc(Sc2ccccc2)cc1. The van der Waals surface area contributed by atoms with Crippen molar-refractivity contribution in [2.75, 3.05) is 0 Å². The summed E-state index contributed by atoms with van der Waals surface area (Å²) < 4.78 is 0. The average Bonchev–Trinajstić information content (AvgIpc) is 2.31. The van der Waals surface area contributed by atoms with E-state index in [4.69, 9.17) is 0 Å². The highest BCUT2D eigenvalue weighted by Gasteiger charge is 2.00. The summed E-state index contributed by atoms with van der Waals surface area (Å²) in [5, 5.41) is 0. The number of carbonyl (C=O) groups is 1. The van der Waals surface area contributed by atoms with Crippen LogP contribution in [0.25, 0.3) is 0 Å². The first-order valence-corrected chi connectivity index (χ1v) is 5.76. The zero-order valence-electron chi connectivity index (χ0n) is 8.72. The molecule has 0 atom stereocenters. The average molecular weight is 227 g/mol. The number of rotatable bonds is 3. The van der Waals surface area contributed by atoms with Crippen molar-refractivity contribution in [2.24, 2.45) is 0 Å². The number of Topliss-reactive ketones (excluding diaryl/α,β-unsaturated/α-hetero) is 1. The molecule has 0 spiro atoms. The molecule has 79 valence electrons.